The predicted molar refractivity (Wildman–Crippen MR) is 104 cm³/mol. The van der Waals surface area contributed by atoms with Crippen LogP contribution in [0.3, 0.4) is 0 Å². The van der Waals surface area contributed by atoms with Gasteiger partial charge in [-0.2, -0.15) is 0 Å². The van der Waals surface area contributed by atoms with Crippen molar-refractivity contribution in [3.8, 4) is 0 Å². The van der Waals surface area contributed by atoms with Gasteiger partial charge >= 0.3 is 5.97 Å². The maximum atomic E-state index is 12.8. The van der Waals surface area contributed by atoms with Gasteiger partial charge in [-0.1, -0.05) is 38.0 Å². The Kier molecular flexibility index (Phi) is 5.10. The second-order valence-corrected chi connectivity index (χ2v) is 7.79. The summed E-state index contributed by atoms with van der Waals surface area (Å²) < 4.78 is 5.42. The molecule has 1 fully saturated rings. The van der Waals surface area contributed by atoms with Crippen molar-refractivity contribution in [2.45, 2.75) is 57.9 Å². The van der Waals surface area contributed by atoms with Gasteiger partial charge < -0.3 is 10.1 Å². The molecule has 27 heavy (non-hydrogen) atoms. The lowest BCUT2D eigenvalue weighted by Gasteiger charge is -2.29. The van der Waals surface area contributed by atoms with Gasteiger partial charge in [-0.15, -0.1) is 0 Å². The third kappa shape index (κ3) is 3.68. The summed E-state index contributed by atoms with van der Waals surface area (Å²) in [6.07, 6.45) is 7.24. The molecule has 0 unspecified atom stereocenters. The number of nitrogens with one attached hydrogen (secondary N) is 1. The number of para-hydroxylation sites is 1. The molecule has 0 bridgehead atoms. The van der Waals surface area contributed by atoms with Crippen molar-refractivity contribution in [1.29, 1.82) is 0 Å². The Labute approximate surface area is 159 Å². The molecule has 5 nitrogen and oxygen atoms in total. The standard InChI is InChI=1S/C22H26N2O3/c1-14-7-2-4-10-17(14)24-20(25)13-27-22(26)21-15-8-3-5-11-18(15)23-19-12-6-9-16(19)21/h3,5,8,11,14,17H,2,4,6-7,9-10,12-13H2,1H3,(H,24,25)/t14-,17-/m1/s1. The number of hydrogen-bond acceptors (Lipinski definition) is 4. The van der Waals surface area contributed by atoms with Gasteiger partial charge in [-0.25, -0.2) is 4.79 Å². The summed E-state index contributed by atoms with van der Waals surface area (Å²) in [5.41, 5.74) is 3.37. The molecular formula is C22H26N2O3. The summed E-state index contributed by atoms with van der Waals surface area (Å²) in [6.45, 7) is 1.94. The number of pyridine rings is 1. The van der Waals surface area contributed by atoms with E-state index in [4.69, 9.17) is 9.72 Å². The molecule has 0 aliphatic heterocycles. The molecular weight excluding hydrogens is 340 g/mol. The summed E-state index contributed by atoms with van der Waals surface area (Å²) in [4.78, 5) is 29.8. The third-order valence-electron chi connectivity index (χ3n) is 5.92. The van der Waals surface area contributed by atoms with E-state index >= 15 is 0 Å². The Bertz CT molecular complexity index is 877. The molecule has 2 atom stereocenters. The third-order valence-corrected chi connectivity index (χ3v) is 5.92. The van der Waals surface area contributed by atoms with E-state index < -0.39 is 5.97 Å². The van der Waals surface area contributed by atoms with E-state index in [-0.39, 0.29) is 18.6 Å². The van der Waals surface area contributed by atoms with Crippen molar-refractivity contribution in [1.82, 2.24) is 10.3 Å². The number of amides is 1. The number of fused-ring (bicyclic) bond motifs is 2. The molecule has 5 heteroatoms. The number of carbonyl (C=O) groups is 2. The summed E-state index contributed by atoms with van der Waals surface area (Å²) >= 11 is 0. The van der Waals surface area contributed by atoms with E-state index in [1.165, 1.54) is 6.42 Å². The molecule has 2 aliphatic rings. The largest absolute Gasteiger partial charge is 0.452 e. The van der Waals surface area contributed by atoms with Crippen LogP contribution < -0.4 is 5.32 Å². The molecule has 2 aromatic rings. The van der Waals surface area contributed by atoms with E-state index in [0.29, 0.717) is 11.5 Å². The molecule has 1 aromatic carbocycles. The van der Waals surface area contributed by atoms with Crippen LogP contribution in [0, 0.1) is 5.92 Å². The van der Waals surface area contributed by atoms with Crippen LogP contribution in [0.5, 0.6) is 0 Å². The molecule has 2 aliphatic carbocycles. The fourth-order valence-corrected chi connectivity index (χ4v) is 4.43. The lowest BCUT2D eigenvalue weighted by molar-refractivity contribution is -0.125. The van der Waals surface area contributed by atoms with Crippen LogP contribution in [0.25, 0.3) is 10.9 Å². The van der Waals surface area contributed by atoms with Gasteiger partial charge in [-0.05, 0) is 49.7 Å². The summed E-state index contributed by atoms with van der Waals surface area (Å²) in [5, 5.41) is 3.85. The average molecular weight is 366 g/mol. The first-order chi connectivity index (χ1) is 13.1. The van der Waals surface area contributed by atoms with Crippen LogP contribution in [0.4, 0.5) is 0 Å². The zero-order chi connectivity index (χ0) is 18.8. The average Bonchev–Trinajstić information content (AvgIpc) is 3.14. The van der Waals surface area contributed by atoms with Crippen molar-refractivity contribution < 1.29 is 14.3 Å². The van der Waals surface area contributed by atoms with Gasteiger partial charge in [0.05, 0.1) is 11.1 Å². The summed E-state index contributed by atoms with van der Waals surface area (Å²) in [5.74, 6) is -0.151. The van der Waals surface area contributed by atoms with Crippen molar-refractivity contribution in [3.05, 3.63) is 41.1 Å². The Morgan fingerprint density at radius 1 is 1.15 bits per heavy atom. The van der Waals surface area contributed by atoms with E-state index in [0.717, 1.165) is 60.7 Å². The van der Waals surface area contributed by atoms with Crippen molar-refractivity contribution in [2.24, 2.45) is 5.92 Å². The number of esters is 1. The van der Waals surface area contributed by atoms with Gasteiger partial charge in [0.15, 0.2) is 6.61 Å². The quantitative estimate of drug-likeness (QED) is 0.840. The zero-order valence-electron chi connectivity index (χ0n) is 15.8. The number of aromatic nitrogens is 1. The van der Waals surface area contributed by atoms with Crippen molar-refractivity contribution in [3.63, 3.8) is 0 Å². The second kappa shape index (κ2) is 7.67. The van der Waals surface area contributed by atoms with Crippen LogP contribution in [0.1, 0.15) is 60.6 Å². The Balaban J connectivity index is 1.48. The molecule has 0 radical (unpaired) electrons. The molecule has 1 aromatic heterocycles. The molecule has 0 spiro atoms. The summed E-state index contributed by atoms with van der Waals surface area (Å²) in [7, 11) is 0. The fourth-order valence-electron chi connectivity index (χ4n) is 4.43. The monoisotopic (exact) mass is 366 g/mol. The van der Waals surface area contributed by atoms with E-state index in [2.05, 4.69) is 12.2 Å². The maximum absolute atomic E-state index is 12.8. The first-order valence-electron chi connectivity index (χ1n) is 10.0. The maximum Gasteiger partial charge on any atom is 0.339 e. The molecule has 0 saturated heterocycles. The fraction of sp³-hybridized carbons (Fsp3) is 0.500. The Morgan fingerprint density at radius 3 is 2.81 bits per heavy atom. The first-order valence-corrected chi connectivity index (χ1v) is 10.0. The minimum absolute atomic E-state index is 0.191. The number of aryl methyl sites for hydroxylation is 1. The van der Waals surface area contributed by atoms with E-state index in [1.54, 1.807) is 0 Å². The molecule has 1 amide bonds. The number of nitrogens with zero attached hydrogens (tertiary/aromatic N) is 1. The second-order valence-electron chi connectivity index (χ2n) is 7.79. The van der Waals surface area contributed by atoms with E-state index in [1.807, 2.05) is 24.3 Å². The lowest BCUT2D eigenvalue weighted by Crippen LogP contribution is -2.42. The smallest absolute Gasteiger partial charge is 0.339 e. The van der Waals surface area contributed by atoms with Gasteiger partial charge in [0.2, 0.25) is 0 Å². The minimum atomic E-state index is -0.418. The number of hydrogen-bond donors (Lipinski definition) is 1. The van der Waals surface area contributed by atoms with Crippen LogP contribution >= 0.6 is 0 Å². The minimum Gasteiger partial charge on any atom is -0.452 e. The lowest BCUT2D eigenvalue weighted by atomic mass is 9.86. The summed E-state index contributed by atoms with van der Waals surface area (Å²) in [6, 6.07) is 7.84. The first kappa shape index (κ1) is 18.0. The molecule has 142 valence electrons. The van der Waals surface area contributed by atoms with Crippen molar-refractivity contribution in [2.75, 3.05) is 6.61 Å². The topological polar surface area (TPSA) is 68.3 Å². The molecule has 1 saturated carbocycles. The van der Waals surface area contributed by atoms with Crippen LogP contribution in [0.2, 0.25) is 0 Å². The van der Waals surface area contributed by atoms with Gasteiger partial charge in [-0.3, -0.25) is 9.78 Å². The highest BCUT2D eigenvalue weighted by molar-refractivity contribution is 6.05. The Morgan fingerprint density at radius 2 is 1.96 bits per heavy atom. The van der Waals surface area contributed by atoms with Gasteiger partial charge in [0.25, 0.3) is 5.91 Å². The molecule has 1 heterocycles. The van der Waals surface area contributed by atoms with Crippen LogP contribution in [0.15, 0.2) is 24.3 Å². The normalized spacial score (nSPS) is 21.7. The van der Waals surface area contributed by atoms with Crippen LogP contribution in [-0.4, -0.2) is 29.5 Å². The highest BCUT2D eigenvalue weighted by Crippen LogP contribution is 2.30. The van der Waals surface area contributed by atoms with Gasteiger partial charge in [0.1, 0.15) is 0 Å². The van der Waals surface area contributed by atoms with Crippen LogP contribution in [-0.2, 0) is 22.4 Å². The predicted octanol–water partition coefficient (Wildman–Crippen LogP) is 3.58. The molecule has 1 N–H and O–H groups in total. The van der Waals surface area contributed by atoms with E-state index in [9.17, 15) is 9.59 Å². The SMILES string of the molecule is C[C@@H]1CCCC[C@H]1NC(=O)COC(=O)c1c2c(nc3ccccc13)CCC2. The number of carbonyl (C=O) groups excluding carboxylic acids is 2. The highest BCUT2D eigenvalue weighted by atomic mass is 16.5. The van der Waals surface area contributed by atoms with Crippen molar-refractivity contribution >= 4 is 22.8 Å². The number of ether oxygens (including phenoxy) is 1. The van der Waals surface area contributed by atoms with Gasteiger partial charge in [0, 0.05) is 17.1 Å². The Hall–Kier alpha value is -2.43. The number of rotatable bonds is 4. The highest BCUT2D eigenvalue weighted by Gasteiger charge is 2.26. The molecule has 4 rings (SSSR count). The zero-order valence-corrected chi connectivity index (χ0v) is 15.8. The number of benzene rings is 1.